The van der Waals surface area contributed by atoms with Gasteiger partial charge in [0.05, 0.1) is 19.1 Å². The van der Waals surface area contributed by atoms with Gasteiger partial charge in [-0.15, -0.1) is 0 Å². The number of hydrogen-bond acceptors (Lipinski definition) is 5. The van der Waals surface area contributed by atoms with Crippen LogP contribution in [0.2, 0.25) is 5.02 Å². The summed E-state index contributed by atoms with van der Waals surface area (Å²) in [5.41, 5.74) is 1.40. The number of fused-ring (bicyclic) bond motifs is 2. The largest absolute Gasteiger partial charge is 0.497 e. The van der Waals surface area contributed by atoms with Crippen LogP contribution in [-0.2, 0) is 15.1 Å². The number of carbonyl (C=O) groups excluding carboxylic acids is 2. The topological polar surface area (TPSA) is 99.7 Å². The first kappa shape index (κ1) is 20.7. The average Bonchev–Trinajstić information content (AvgIpc) is 3.24. The number of aliphatic hydroxyl groups excluding tert-OH is 1. The number of rotatable bonds is 4. The van der Waals surface area contributed by atoms with Crippen molar-refractivity contribution in [2.75, 3.05) is 17.7 Å². The number of nitrogens with one attached hydrogen (secondary N) is 3. The maximum absolute atomic E-state index is 13.3. The summed E-state index contributed by atoms with van der Waals surface area (Å²) >= 11 is 6.29. The summed E-state index contributed by atoms with van der Waals surface area (Å²) in [6.07, 6.45) is -0.435. The van der Waals surface area contributed by atoms with Crippen molar-refractivity contribution in [1.82, 2.24) is 5.32 Å². The van der Waals surface area contributed by atoms with Gasteiger partial charge in [0.15, 0.2) is 0 Å². The zero-order chi connectivity index (χ0) is 21.6. The third kappa shape index (κ3) is 3.23. The molecule has 2 aromatic rings. The molecule has 2 amide bonds. The van der Waals surface area contributed by atoms with Gasteiger partial charge in [-0.25, -0.2) is 0 Å². The van der Waals surface area contributed by atoms with Crippen LogP contribution in [0.25, 0.3) is 0 Å². The fourth-order valence-corrected chi connectivity index (χ4v) is 4.72. The van der Waals surface area contributed by atoms with Crippen LogP contribution in [0.5, 0.6) is 5.75 Å². The van der Waals surface area contributed by atoms with Crippen LogP contribution in [0, 0.1) is 12.8 Å². The highest BCUT2D eigenvalue weighted by Crippen LogP contribution is 2.49. The molecule has 30 heavy (non-hydrogen) atoms. The molecule has 2 aromatic carbocycles. The van der Waals surface area contributed by atoms with Gasteiger partial charge >= 0.3 is 0 Å². The van der Waals surface area contributed by atoms with E-state index in [0.717, 1.165) is 5.56 Å². The Hall–Kier alpha value is -2.61. The summed E-state index contributed by atoms with van der Waals surface area (Å²) in [7, 11) is 1.57. The first-order valence-corrected chi connectivity index (χ1v) is 10.2. The van der Waals surface area contributed by atoms with E-state index in [1.54, 1.807) is 50.4 Å². The van der Waals surface area contributed by atoms with Crippen molar-refractivity contribution < 1.29 is 19.4 Å². The van der Waals surface area contributed by atoms with Crippen molar-refractivity contribution in [2.24, 2.45) is 5.92 Å². The fraction of sp³-hybridized carbons (Fsp3) is 0.364. The van der Waals surface area contributed by atoms with E-state index >= 15 is 0 Å². The number of halogens is 1. The molecule has 7 nitrogen and oxygen atoms in total. The zero-order valence-electron chi connectivity index (χ0n) is 17.0. The molecule has 2 aliphatic rings. The normalized spacial score (nSPS) is 25.7. The molecule has 1 spiro atoms. The Labute approximate surface area is 179 Å². The minimum absolute atomic E-state index is 0.304. The Morgan fingerprint density at radius 2 is 2.03 bits per heavy atom. The maximum Gasteiger partial charge on any atom is 0.250 e. The quantitative estimate of drug-likeness (QED) is 0.599. The second-order valence-electron chi connectivity index (χ2n) is 7.90. The van der Waals surface area contributed by atoms with E-state index in [1.807, 2.05) is 6.92 Å². The highest BCUT2D eigenvalue weighted by Gasteiger charge is 2.61. The first-order chi connectivity index (χ1) is 14.3. The molecule has 2 aliphatic heterocycles. The molecule has 8 heteroatoms. The number of amides is 2. The molecule has 0 bridgehead atoms. The summed E-state index contributed by atoms with van der Waals surface area (Å²) in [6.45, 7) is 3.50. The standard InChI is InChI=1S/C22H24ClN3O4/c1-11-8-13(23)9-16-19(11)25-21(29)22(16)17(10-18(26-22)12(2)27)20(28)24-14-4-6-15(30-3)7-5-14/h4-9,12,17-18,26-27H,10H2,1-3H3,(H,24,28)(H,25,29)/t12?,17-,18-,22+/m1/s1. The lowest BCUT2D eigenvalue weighted by atomic mass is 9.79. The van der Waals surface area contributed by atoms with E-state index in [2.05, 4.69) is 16.0 Å². The molecule has 4 N–H and O–H groups in total. The lowest BCUT2D eigenvalue weighted by Gasteiger charge is -2.29. The van der Waals surface area contributed by atoms with Crippen molar-refractivity contribution in [2.45, 2.75) is 38.0 Å². The zero-order valence-corrected chi connectivity index (χ0v) is 17.7. The predicted molar refractivity (Wildman–Crippen MR) is 115 cm³/mol. The van der Waals surface area contributed by atoms with Crippen molar-refractivity contribution in [3.63, 3.8) is 0 Å². The Morgan fingerprint density at radius 1 is 1.33 bits per heavy atom. The number of methoxy groups -OCH3 is 1. The number of aliphatic hydroxyl groups is 1. The van der Waals surface area contributed by atoms with E-state index in [-0.39, 0.29) is 11.8 Å². The summed E-state index contributed by atoms with van der Waals surface area (Å²) in [5.74, 6) is -0.689. The van der Waals surface area contributed by atoms with Gasteiger partial charge in [0.25, 0.3) is 0 Å². The number of aryl methyl sites for hydroxylation is 1. The van der Waals surface area contributed by atoms with E-state index < -0.39 is 23.6 Å². The highest BCUT2D eigenvalue weighted by molar-refractivity contribution is 6.31. The molecule has 2 heterocycles. The maximum atomic E-state index is 13.3. The Kier molecular flexibility index (Phi) is 5.22. The Bertz CT molecular complexity index is 1010. The molecule has 4 rings (SSSR count). The highest BCUT2D eigenvalue weighted by atomic mass is 35.5. The van der Waals surface area contributed by atoms with Crippen LogP contribution in [0.1, 0.15) is 24.5 Å². The van der Waals surface area contributed by atoms with Crippen LogP contribution >= 0.6 is 11.6 Å². The van der Waals surface area contributed by atoms with Gasteiger partial charge in [0, 0.05) is 28.0 Å². The van der Waals surface area contributed by atoms with E-state index in [1.165, 1.54) is 0 Å². The molecule has 1 saturated heterocycles. The van der Waals surface area contributed by atoms with E-state index in [9.17, 15) is 14.7 Å². The second kappa shape index (κ2) is 7.58. The molecule has 1 unspecified atom stereocenters. The van der Waals surface area contributed by atoms with Crippen LogP contribution in [0.3, 0.4) is 0 Å². The second-order valence-corrected chi connectivity index (χ2v) is 8.34. The molecule has 1 fully saturated rings. The minimum Gasteiger partial charge on any atom is -0.497 e. The molecule has 158 valence electrons. The minimum atomic E-state index is -1.30. The molecule has 0 aromatic heterocycles. The van der Waals surface area contributed by atoms with Crippen molar-refractivity contribution in [3.05, 3.63) is 52.5 Å². The van der Waals surface area contributed by atoms with Gasteiger partial charge in [-0.2, -0.15) is 0 Å². The van der Waals surface area contributed by atoms with Gasteiger partial charge in [-0.1, -0.05) is 11.6 Å². The van der Waals surface area contributed by atoms with Gasteiger partial charge in [-0.05, 0) is 62.2 Å². The van der Waals surface area contributed by atoms with Gasteiger partial charge < -0.3 is 20.5 Å². The molecule has 0 saturated carbocycles. The predicted octanol–water partition coefficient (Wildman–Crippen LogP) is 2.80. The smallest absolute Gasteiger partial charge is 0.250 e. The molecule has 4 atom stereocenters. The first-order valence-electron chi connectivity index (χ1n) is 9.79. The van der Waals surface area contributed by atoms with Crippen LogP contribution in [0.4, 0.5) is 11.4 Å². The number of ether oxygens (including phenoxy) is 1. The van der Waals surface area contributed by atoms with Gasteiger partial charge in [0.2, 0.25) is 11.8 Å². The average molecular weight is 430 g/mol. The fourth-order valence-electron chi connectivity index (χ4n) is 4.45. The third-order valence-corrected chi connectivity index (χ3v) is 6.22. The summed E-state index contributed by atoms with van der Waals surface area (Å²) < 4.78 is 5.15. The van der Waals surface area contributed by atoms with Gasteiger partial charge in [0.1, 0.15) is 11.3 Å². The number of hydrogen-bond donors (Lipinski definition) is 4. The van der Waals surface area contributed by atoms with Crippen LogP contribution in [-0.4, -0.2) is 36.2 Å². The summed E-state index contributed by atoms with van der Waals surface area (Å²) in [6, 6.07) is 10.0. The summed E-state index contributed by atoms with van der Waals surface area (Å²) in [4.78, 5) is 26.6. The van der Waals surface area contributed by atoms with E-state index in [4.69, 9.17) is 16.3 Å². The molecular weight excluding hydrogens is 406 g/mol. The third-order valence-electron chi connectivity index (χ3n) is 6.00. The SMILES string of the molecule is COc1ccc(NC(=O)[C@H]2C[C@H](C(C)O)N[C@]23C(=O)Nc2c(C)cc(Cl)cc23)cc1. The summed E-state index contributed by atoms with van der Waals surface area (Å²) in [5, 5.41) is 19.8. The number of benzene rings is 2. The lowest BCUT2D eigenvalue weighted by Crippen LogP contribution is -2.53. The van der Waals surface area contributed by atoms with E-state index in [0.29, 0.717) is 34.1 Å². The van der Waals surface area contributed by atoms with Crippen molar-refractivity contribution in [1.29, 1.82) is 0 Å². The molecule has 0 aliphatic carbocycles. The van der Waals surface area contributed by atoms with Crippen LogP contribution in [0.15, 0.2) is 36.4 Å². The Morgan fingerprint density at radius 3 is 2.67 bits per heavy atom. The van der Waals surface area contributed by atoms with Crippen molar-refractivity contribution in [3.8, 4) is 5.75 Å². The van der Waals surface area contributed by atoms with Gasteiger partial charge in [-0.3, -0.25) is 14.9 Å². The van der Waals surface area contributed by atoms with Crippen molar-refractivity contribution >= 4 is 34.8 Å². The number of carbonyl (C=O) groups is 2. The molecule has 0 radical (unpaired) electrons. The lowest BCUT2D eigenvalue weighted by molar-refractivity contribution is -0.130. The van der Waals surface area contributed by atoms with Crippen LogP contribution < -0.4 is 20.7 Å². The Balaban J connectivity index is 1.74. The molecular formula is C22H24ClN3O4. The monoisotopic (exact) mass is 429 g/mol. The number of anilines is 2.